The third kappa shape index (κ3) is 1.82. The zero-order valence-electron chi connectivity index (χ0n) is 7.37. The van der Waals surface area contributed by atoms with Crippen molar-refractivity contribution in [3.05, 3.63) is 0 Å². The smallest absolute Gasteiger partial charge is 0.250 e. The van der Waals surface area contributed by atoms with Crippen molar-refractivity contribution < 1.29 is 9.90 Å². The molecule has 1 aliphatic heterocycles. The largest absolute Gasteiger partial charge is 0.396 e. The molecule has 1 rings (SSSR count). The zero-order valence-corrected chi connectivity index (χ0v) is 7.37. The number of aliphatic hydroxyl groups is 1. The van der Waals surface area contributed by atoms with Gasteiger partial charge in [0.2, 0.25) is 5.91 Å². The van der Waals surface area contributed by atoms with Gasteiger partial charge in [0.05, 0.1) is 6.61 Å². The molecule has 0 saturated carbocycles. The highest BCUT2D eigenvalue weighted by atomic mass is 16.3. The molecule has 68 valence electrons. The Morgan fingerprint density at radius 1 is 1.67 bits per heavy atom. The van der Waals surface area contributed by atoms with Crippen LogP contribution in [0.25, 0.3) is 0 Å². The topological polar surface area (TPSA) is 61.7 Å². The van der Waals surface area contributed by atoms with E-state index in [1.165, 1.54) is 0 Å². The first-order chi connectivity index (χ1) is 5.65. The van der Waals surface area contributed by atoms with Crippen molar-refractivity contribution in [1.29, 1.82) is 0 Å². The molecule has 0 bridgehead atoms. The van der Waals surface area contributed by atoms with Gasteiger partial charge in [0.25, 0.3) is 0 Å². The van der Waals surface area contributed by atoms with Crippen LogP contribution < -0.4 is 5.32 Å². The van der Waals surface area contributed by atoms with Gasteiger partial charge in [0.1, 0.15) is 11.9 Å². The lowest BCUT2D eigenvalue weighted by Crippen LogP contribution is -2.31. The van der Waals surface area contributed by atoms with Crippen molar-refractivity contribution in [2.45, 2.75) is 26.3 Å². The van der Waals surface area contributed by atoms with E-state index >= 15 is 0 Å². The quantitative estimate of drug-likeness (QED) is 0.622. The maximum atomic E-state index is 11.2. The van der Waals surface area contributed by atoms with Crippen molar-refractivity contribution in [1.82, 2.24) is 5.32 Å². The molecule has 0 aromatic heterocycles. The third-order valence-corrected chi connectivity index (χ3v) is 1.81. The summed E-state index contributed by atoms with van der Waals surface area (Å²) >= 11 is 0. The predicted molar refractivity (Wildman–Crippen MR) is 45.9 cm³/mol. The minimum absolute atomic E-state index is 0.0317. The van der Waals surface area contributed by atoms with E-state index in [0.29, 0.717) is 12.3 Å². The van der Waals surface area contributed by atoms with Crippen molar-refractivity contribution >= 4 is 11.7 Å². The third-order valence-electron chi connectivity index (χ3n) is 1.81. The fraction of sp³-hybridized carbons (Fsp3) is 0.750. The summed E-state index contributed by atoms with van der Waals surface area (Å²) in [5.74, 6) is 0.788. The van der Waals surface area contributed by atoms with Gasteiger partial charge in [-0.25, -0.2) is 0 Å². The Morgan fingerprint density at radius 3 is 2.75 bits per heavy atom. The van der Waals surface area contributed by atoms with E-state index in [0.717, 1.165) is 0 Å². The summed E-state index contributed by atoms with van der Waals surface area (Å²) in [5.41, 5.74) is 0. The fourth-order valence-corrected chi connectivity index (χ4v) is 1.16. The van der Waals surface area contributed by atoms with Crippen molar-refractivity contribution in [2.24, 2.45) is 10.9 Å². The Labute approximate surface area is 71.7 Å². The van der Waals surface area contributed by atoms with Gasteiger partial charge in [-0.05, 0) is 5.92 Å². The Morgan fingerprint density at radius 2 is 2.33 bits per heavy atom. The Balaban J connectivity index is 2.60. The number of amides is 1. The molecule has 1 amide bonds. The number of nitrogens with zero attached hydrogens (tertiary/aromatic N) is 1. The average molecular weight is 170 g/mol. The number of amidine groups is 1. The highest BCUT2D eigenvalue weighted by Crippen LogP contribution is 2.11. The summed E-state index contributed by atoms with van der Waals surface area (Å²) in [6, 6.07) is -0.258. The number of carbonyl (C=O) groups excluding carboxylic acids is 1. The number of nitrogens with one attached hydrogen (secondary N) is 1. The molecule has 2 N–H and O–H groups in total. The Kier molecular flexibility index (Phi) is 2.81. The molecule has 0 saturated heterocycles. The van der Waals surface area contributed by atoms with E-state index < -0.39 is 0 Å². The zero-order chi connectivity index (χ0) is 9.14. The van der Waals surface area contributed by atoms with Crippen LogP contribution in [0.4, 0.5) is 0 Å². The van der Waals surface area contributed by atoms with Gasteiger partial charge in [-0.3, -0.25) is 9.79 Å². The molecule has 4 heteroatoms. The van der Waals surface area contributed by atoms with Gasteiger partial charge in [0.15, 0.2) is 0 Å². The molecule has 1 aliphatic rings. The number of carbonyl (C=O) groups is 1. The van der Waals surface area contributed by atoms with Gasteiger partial charge < -0.3 is 10.4 Å². The molecule has 1 atom stereocenters. The summed E-state index contributed by atoms with van der Waals surface area (Å²) in [6.45, 7) is 3.94. The van der Waals surface area contributed by atoms with Crippen LogP contribution in [0.2, 0.25) is 0 Å². The molecule has 1 unspecified atom stereocenters. The van der Waals surface area contributed by atoms with Crippen molar-refractivity contribution in [3.63, 3.8) is 0 Å². The normalized spacial score (nSPS) is 22.8. The molecule has 1 heterocycles. The van der Waals surface area contributed by atoms with Crippen LogP contribution in [0.1, 0.15) is 20.3 Å². The van der Waals surface area contributed by atoms with E-state index in [1.54, 1.807) is 0 Å². The van der Waals surface area contributed by atoms with Gasteiger partial charge in [0, 0.05) is 6.42 Å². The van der Waals surface area contributed by atoms with Crippen LogP contribution in [-0.2, 0) is 4.79 Å². The summed E-state index contributed by atoms with van der Waals surface area (Å²) in [6.07, 6.45) is 0.439. The van der Waals surface area contributed by atoms with Gasteiger partial charge in [-0.1, -0.05) is 13.8 Å². The lowest BCUT2D eigenvalue weighted by atomic mass is 10.1. The lowest BCUT2D eigenvalue weighted by molar-refractivity contribution is -0.120. The second kappa shape index (κ2) is 3.67. The van der Waals surface area contributed by atoms with E-state index in [4.69, 9.17) is 5.11 Å². The monoisotopic (exact) mass is 170 g/mol. The number of aliphatic imine (C=N–C) groups is 1. The van der Waals surface area contributed by atoms with Crippen LogP contribution in [0.3, 0.4) is 0 Å². The van der Waals surface area contributed by atoms with Crippen molar-refractivity contribution in [2.75, 3.05) is 6.61 Å². The molecular weight excluding hydrogens is 156 g/mol. The molecule has 0 aliphatic carbocycles. The van der Waals surface area contributed by atoms with E-state index in [-0.39, 0.29) is 24.5 Å². The van der Waals surface area contributed by atoms with Crippen LogP contribution in [0.5, 0.6) is 0 Å². The summed E-state index contributed by atoms with van der Waals surface area (Å²) in [7, 11) is 0. The first-order valence-corrected chi connectivity index (χ1v) is 4.13. The number of hydrogen-bond donors (Lipinski definition) is 2. The second-order valence-electron chi connectivity index (χ2n) is 3.23. The maximum absolute atomic E-state index is 11.2. The molecule has 0 radical (unpaired) electrons. The average Bonchev–Trinajstić information content (AvgIpc) is 2.32. The minimum atomic E-state index is -0.258. The highest BCUT2D eigenvalue weighted by molar-refractivity contribution is 6.05. The summed E-state index contributed by atoms with van der Waals surface area (Å²) in [4.78, 5) is 15.3. The first kappa shape index (κ1) is 9.19. The standard InChI is InChI=1S/C8H14N2O2/c1-5(2)7-8(12)10-6(9-7)3-4-11/h5,7,11H,3-4H2,1-2H3,(H,9,10,12). The number of rotatable bonds is 3. The fourth-order valence-electron chi connectivity index (χ4n) is 1.16. The molecule has 0 aromatic carbocycles. The Bertz CT molecular complexity index is 211. The molecular formula is C8H14N2O2. The number of hydrogen-bond acceptors (Lipinski definition) is 3. The van der Waals surface area contributed by atoms with E-state index in [1.807, 2.05) is 13.8 Å². The summed E-state index contributed by atoms with van der Waals surface area (Å²) in [5, 5.41) is 11.2. The van der Waals surface area contributed by atoms with Crippen molar-refractivity contribution in [3.8, 4) is 0 Å². The molecule has 0 aromatic rings. The van der Waals surface area contributed by atoms with Crippen LogP contribution >= 0.6 is 0 Å². The molecule has 4 nitrogen and oxygen atoms in total. The van der Waals surface area contributed by atoms with Crippen LogP contribution in [0.15, 0.2) is 4.99 Å². The van der Waals surface area contributed by atoms with Crippen LogP contribution in [0, 0.1) is 5.92 Å². The number of aliphatic hydroxyl groups excluding tert-OH is 1. The van der Waals surface area contributed by atoms with Crippen LogP contribution in [-0.4, -0.2) is 29.5 Å². The lowest BCUT2D eigenvalue weighted by Gasteiger charge is -2.06. The molecule has 0 spiro atoms. The minimum Gasteiger partial charge on any atom is -0.396 e. The second-order valence-corrected chi connectivity index (χ2v) is 3.23. The molecule has 12 heavy (non-hydrogen) atoms. The predicted octanol–water partition coefficient (Wildman–Crippen LogP) is -0.0783. The maximum Gasteiger partial charge on any atom is 0.250 e. The SMILES string of the molecule is CC(C)C1N=C(CCO)NC1=O. The van der Waals surface area contributed by atoms with E-state index in [2.05, 4.69) is 10.3 Å². The highest BCUT2D eigenvalue weighted by Gasteiger charge is 2.27. The Hall–Kier alpha value is -0.900. The van der Waals surface area contributed by atoms with E-state index in [9.17, 15) is 4.79 Å². The molecule has 0 fully saturated rings. The van der Waals surface area contributed by atoms with Gasteiger partial charge in [-0.2, -0.15) is 0 Å². The van der Waals surface area contributed by atoms with Gasteiger partial charge >= 0.3 is 0 Å². The van der Waals surface area contributed by atoms with Gasteiger partial charge in [-0.15, -0.1) is 0 Å². The first-order valence-electron chi connectivity index (χ1n) is 4.13. The summed E-state index contributed by atoms with van der Waals surface area (Å²) < 4.78 is 0.